The van der Waals surface area contributed by atoms with E-state index in [-0.39, 0.29) is 76.3 Å². The molecule has 402 valence electrons. The van der Waals surface area contributed by atoms with Crippen LogP contribution in [0.3, 0.4) is 0 Å². The molecule has 1 aromatic heterocycles. The van der Waals surface area contributed by atoms with Crippen LogP contribution in [0.4, 0.5) is 17.6 Å². The van der Waals surface area contributed by atoms with Gasteiger partial charge in [-0.15, -0.1) is 0 Å². The molecule has 4 N–H and O–H groups in total. The molecule has 0 bridgehead atoms. The zero-order valence-electron chi connectivity index (χ0n) is 42.4. The summed E-state index contributed by atoms with van der Waals surface area (Å²) in [5.74, 6) is -3.61. The van der Waals surface area contributed by atoms with Gasteiger partial charge in [-0.2, -0.15) is 13.2 Å². The summed E-state index contributed by atoms with van der Waals surface area (Å²) in [6.07, 6.45) is 0.516. The van der Waals surface area contributed by atoms with E-state index in [1.54, 1.807) is 19.9 Å². The van der Waals surface area contributed by atoms with Crippen LogP contribution in [-0.2, 0) is 52.4 Å². The number of likely N-dealkylation sites (tertiary alicyclic amines) is 1. The highest BCUT2D eigenvalue weighted by molar-refractivity contribution is 7.44. The van der Waals surface area contributed by atoms with Crippen LogP contribution in [0.1, 0.15) is 136 Å². The number of ether oxygens (including phenoxy) is 1. The lowest BCUT2D eigenvalue weighted by atomic mass is 9.63. The number of likely N-dealkylation sites (N-methyl/N-ethyl adjacent to an activating group) is 2. The Bertz CT molecular complexity index is 2140. The maximum absolute atomic E-state index is 15.1. The lowest BCUT2D eigenvalue weighted by molar-refractivity contribution is -0.455. The zero-order valence-corrected chi connectivity index (χ0v) is 44.0. The second-order valence-corrected chi connectivity index (χ2v) is 22.5. The number of alkyl halides is 4. The summed E-state index contributed by atoms with van der Waals surface area (Å²) in [5.41, 5.74) is 4.66. The van der Waals surface area contributed by atoms with E-state index in [4.69, 9.17) is 34.5 Å². The number of halogens is 5. The minimum Gasteiger partial charge on any atom is -0.477 e. The number of hydrogen-bond donors (Lipinski definition) is 3. The Hall–Kier alpha value is -4.37. The van der Waals surface area contributed by atoms with E-state index in [1.165, 1.54) is 30.1 Å². The maximum atomic E-state index is 15.1. The first kappa shape index (κ1) is 58.5. The summed E-state index contributed by atoms with van der Waals surface area (Å²) in [5, 5.41) is 5.83. The van der Waals surface area contributed by atoms with Crippen molar-refractivity contribution in [3.8, 4) is 5.88 Å². The second-order valence-electron chi connectivity index (χ2n) is 21.7. The molecule has 22 heteroatoms. The Balaban J connectivity index is 1.34. The van der Waals surface area contributed by atoms with Crippen molar-refractivity contribution in [1.29, 1.82) is 0 Å². The van der Waals surface area contributed by atoms with Gasteiger partial charge >= 0.3 is 12.1 Å². The molecule has 16 nitrogen and oxygen atoms in total. The van der Waals surface area contributed by atoms with Gasteiger partial charge in [0.15, 0.2) is 6.04 Å². The molecule has 0 spiro atoms. The Labute approximate surface area is 430 Å². The molecule has 4 fully saturated rings. The van der Waals surface area contributed by atoms with Gasteiger partial charge in [-0.1, -0.05) is 35.8 Å². The SMILES string of the molecule is CC(C)C[C@@H](C(=O)N(C)[C@H](C=O)Cc1cc(Cl)cnc1OCC1CC1)[N+](=S)C(=O)[C@H](CCCCNC(=O)C(C)(C)N)N(C)C(=O)[C@@H](NC(=O)[C@@H]1C[C@@H](F)CN1C(=O)CCC1(CCC(F)(F)F)CCC1)C1CC1. The van der Waals surface area contributed by atoms with E-state index in [0.29, 0.717) is 67.4 Å². The molecule has 1 aromatic rings. The largest absolute Gasteiger partial charge is 0.477 e. The molecular weight excluding hydrogens is 984 g/mol. The Morgan fingerprint density at radius 3 is 2.31 bits per heavy atom. The smallest absolute Gasteiger partial charge is 0.424 e. The number of aromatic nitrogens is 1. The van der Waals surface area contributed by atoms with Crippen molar-refractivity contribution in [3.63, 3.8) is 0 Å². The molecule has 4 aliphatic rings. The highest BCUT2D eigenvalue weighted by atomic mass is 35.5. The first-order valence-electron chi connectivity index (χ1n) is 25.4. The number of unbranched alkanes of at least 4 members (excludes halogenated alkanes) is 1. The number of nitrogens with one attached hydrogen (secondary N) is 2. The third kappa shape index (κ3) is 16.6. The fraction of sp³-hybridized carbons (Fsp3) is 0.760. The van der Waals surface area contributed by atoms with E-state index >= 15 is 4.39 Å². The summed E-state index contributed by atoms with van der Waals surface area (Å²) >= 11 is 12.1. The van der Waals surface area contributed by atoms with Crippen LogP contribution in [0.25, 0.3) is 0 Å². The van der Waals surface area contributed by atoms with Crippen LogP contribution in [0.2, 0.25) is 5.02 Å². The van der Waals surface area contributed by atoms with Crippen molar-refractivity contribution in [2.24, 2.45) is 28.9 Å². The van der Waals surface area contributed by atoms with Gasteiger partial charge in [-0.05, 0) is 114 Å². The van der Waals surface area contributed by atoms with Gasteiger partial charge in [0.25, 0.3) is 24.4 Å². The van der Waals surface area contributed by atoms with Crippen molar-refractivity contribution < 1.29 is 59.8 Å². The number of carbonyl (C=O) groups is 7. The highest BCUT2D eigenvalue weighted by Gasteiger charge is 2.49. The number of nitrogens with zero attached hydrogens (tertiary/aromatic N) is 5. The molecule has 2 heterocycles. The van der Waals surface area contributed by atoms with Gasteiger partial charge in [0, 0.05) is 64.5 Å². The van der Waals surface area contributed by atoms with E-state index in [0.717, 1.165) is 28.1 Å². The molecule has 6 amide bonds. The lowest BCUT2D eigenvalue weighted by Crippen LogP contribution is -2.58. The van der Waals surface area contributed by atoms with Crippen molar-refractivity contribution in [1.82, 2.24) is 30.3 Å². The third-order valence-electron chi connectivity index (χ3n) is 14.6. The molecule has 72 heavy (non-hydrogen) atoms. The van der Waals surface area contributed by atoms with E-state index in [9.17, 15) is 46.7 Å². The fourth-order valence-corrected chi connectivity index (χ4v) is 9.99. The van der Waals surface area contributed by atoms with E-state index in [1.807, 2.05) is 13.8 Å². The molecule has 6 atom stereocenters. The monoisotopic (exact) mass is 1060 g/mol. The van der Waals surface area contributed by atoms with Crippen LogP contribution in [0, 0.1) is 23.2 Å². The van der Waals surface area contributed by atoms with Crippen molar-refractivity contribution in [2.75, 3.05) is 33.8 Å². The summed E-state index contributed by atoms with van der Waals surface area (Å²) in [7, 11) is 2.83. The topological polar surface area (TPSA) is 204 Å². The molecule has 5 rings (SSSR count). The van der Waals surface area contributed by atoms with Crippen molar-refractivity contribution >= 4 is 65.8 Å². The molecule has 0 aromatic carbocycles. The Morgan fingerprint density at radius 2 is 1.74 bits per heavy atom. The van der Waals surface area contributed by atoms with Crippen LogP contribution in [0.15, 0.2) is 12.3 Å². The number of pyridine rings is 1. The minimum atomic E-state index is -4.34. The first-order valence-corrected chi connectivity index (χ1v) is 26.1. The number of amides is 6. The first-order chi connectivity index (χ1) is 33.7. The van der Waals surface area contributed by atoms with Crippen LogP contribution in [-0.4, -0.2) is 147 Å². The van der Waals surface area contributed by atoms with Gasteiger partial charge in [0.1, 0.15) is 24.5 Å². The van der Waals surface area contributed by atoms with Gasteiger partial charge in [-0.25, -0.2) is 14.2 Å². The number of carbonyl (C=O) groups excluding carboxylic acids is 7. The van der Waals surface area contributed by atoms with Crippen LogP contribution < -0.4 is 21.1 Å². The summed E-state index contributed by atoms with van der Waals surface area (Å²) < 4.78 is 61.3. The molecule has 0 unspecified atom stereocenters. The zero-order chi connectivity index (χ0) is 53.3. The minimum absolute atomic E-state index is 0.00405. The Kier molecular flexibility index (Phi) is 20.5. The highest BCUT2D eigenvalue weighted by Crippen LogP contribution is 2.50. The molecule has 3 aliphatic carbocycles. The maximum Gasteiger partial charge on any atom is 0.424 e. The van der Waals surface area contributed by atoms with E-state index in [2.05, 4.69) is 15.6 Å². The molecule has 1 aliphatic heterocycles. The summed E-state index contributed by atoms with van der Waals surface area (Å²) in [6, 6.07) is -4.46. The third-order valence-corrected chi connectivity index (χ3v) is 15.2. The average Bonchev–Trinajstić information content (AvgIpc) is 4.25. The lowest BCUT2D eigenvalue weighted by Gasteiger charge is -2.42. The standard InChI is InChI=1S/C50H73ClF4N8O8S/c1-30(2)22-39(44(67)60(5)36(28-64)24-33-23-34(51)26-58-43(33)71-29-31-11-12-31)63(72)45(68)37(10-7-8-21-57-47(70)48(3,4)56)61(6)46(69)41(32-13-14-32)59-42(66)38-25-35(52)27-62(38)40(65)15-18-49(16-9-17-49)19-20-50(53,54)55/h23,26,28,30-32,35-39,41H,7-22,24-25,27,29,56H2,1-6H3,(H-,57,59,66,70)/p+1/t35-,36+,37+,38+,39+,41+/m1/s1. The van der Waals surface area contributed by atoms with Gasteiger partial charge in [0.05, 0.1) is 29.8 Å². The normalized spacial score (nSPS) is 20.4. The van der Waals surface area contributed by atoms with Gasteiger partial charge in [0.2, 0.25) is 29.5 Å². The predicted molar refractivity (Wildman–Crippen MR) is 262 cm³/mol. The Morgan fingerprint density at radius 1 is 1.06 bits per heavy atom. The van der Waals surface area contributed by atoms with Crippen molar-refractivity contribution in [3.05, 3.63) is 22.8 Å². The number of aldehydes is 1. The average molecular weight is 1060 g/mol. The molecular formula is C50H74ClF4N8O8S+. The predicted octanol–water partition coefficient (Wildman–Crippen LogP) is 5.75. The number of hydrogen-bond acceptors (Lipinski definition) is 11. The molecule has 0 radical (unpaired) electrons. The second kappa shape index (κ2) is 25.2. The number of rotatable bonds is 28. The van der Waals surface area contributed by atoms with Crippen molar-refractivity contribution in [2.45, 2.75) is 185 Å². The molecule has 1 saturated heterocycles. The summed E-state index contributed by atoms with van der Waals surface area (Å²) in [6.45, 7) is 7.05. The van der Waals surface area contributed by atoms with Crippen LogP contribution in [0.5, 0.6) is 5.88 Å². The number of nitrogens with two attached hydrogens (primary N) is 1. The van der Waals surface area contributed by atoms with Crippen LogP contribution >= 0.6 is 11.6 Å². The van der Waals surface area contributed by atoms with Gasteiger partial charge < -0.3 is 40.6 Å². The quantitative estimate of drug-likeness (QED) is 0.0399. The van der Waals surface area contributed by atoms with Gasteiger partial charge in [-0.3, -0.25) is 24.0 Å². The fourth-order valence-electron chi connectivity index (χ4n) is 9.51. The summed E-state index contributed by atoms with van der Waals surface area (Å²) in [4.78, 5) is 105. The van der Waals surface area contributed by atoms with E-state index < -0.39 is 95.4 Å². The molecule has 3 saturated carbocycles.